The standard InChI is InChI=1S/C3H8NSi/c1-2-4-5-3-1/h1-3,5H2. The van der Waals surface area contributed by atoms with E-state index in [0.717, 1.165) is 0 Å². The zero-order valence-electron chi connectivity index (χ0n) is 3.28. The molecule has 0 aromatic heterocycles. The fourth-order valence-electron chi connectivity index (χ4n) is 0.559. The molecule has 0 spiro atoms. The number of hydrogen-bond donors (Lipinski definition) is 0. The van der Waals surface area contributed by atoms with Gasteiger partial charge in [0, 0.05) is 6.54 Å². The number of nitrogens with zero attached hydrogens (tertiary/aromatic N) is 1. The Morgan fingerprint density at radius 1 is 1.60 bits per heavy atom. The Morgan fingerprint density at radius 2 is 2.60 bits per heavy atom. The van der Waals surface area contributed by atoms with Crippen molar-refractivity contribution < 1.29 is 0 Å². The largest absolute Gasteiger partial charge is 0.278 e. The van der Waals surface area contributed by atoms with Gasteiger partial charge in [-0.05, 0) is 12.5 Å². The zero-order chi connectivity index (χ0) is 3.54. The maximum absolute atomic E-state index is 4.22. The van der Waals surface area contributed by atoms with Crippen molar-refractivity contribution in [2.75, 3.05) is 6.54 Å². The van der Waals surface area contributed by atoms with Crippen LogP contribution in [0.2, 0.25) is 6.04 Å². The predicted octanol–water partition coefficient (Wildman–Crippen LogP) is -0.503. The second-order valence-corrected chi connectivity index (χ2v) is 2.98. The van der Waals surface area contributed by atoms with Crippen molar-refractivity contribution in [1.82, 2.24) is 4.98 Å². The Hall–Kier alpha value is 0.177. The van der Waals surface area contributed by atoms with Crippen LogP contribution < -0.4 is 4.98 Å². The molecule has 0 aliphatic carbocycles. The van der Waals surface area contributed by atoms with Gasteiger partial charge >= 0.3 is 0 Å². The van der Waals surface area contributed by atoms with Crippen LogP contribution in [-0.4, -0.2) is 16.2 Å². The van der Waals surface area contributed by atoms with Crippen molar-refractivity contribution in [2.45, 2.75) is 12.5 Å². The van der Waals surface area contributed by atoms with Gasteiger partial charge in [0.2, 0.25) is 0 Å². The van der Waals surface area contributed by atoms with E-state index in [1.165, 1.54) is 19.0 Å². The number of hydrogen-bond acceptors (Lipinski definition) is 0. The molecular formula is C3H8NSi. The van der Waals surface area contributed by atoms with Gasteiger partial charge in [0.15, 0.2) is 0 Å². The van der Waals surface area contributed by atoms with Gasteiger partial charge < -0.3 is 0 Å². The molecule has 1 aliphatic rings. The minimum atomic E-state index is 0.168. The molecule has 0 aromatic carbocycles. The topological polar surface area (TPSA) is 14.1 Å². The summed E-state index contributed by atoms with van der Waals surface area (Å²) in [7, 11) is 0.168. The summed E-state index contributed by atoms with van der Waals surface area (Å²) in [6.07, 6.45) is 1.40. The Kier molecular flexibility index (Phi) is 1.06. The Balaban J connectivity index is 2.08. The molecule has 1 nitrogen and oxygen atoms in total. The van der Waals surface area contributed by atoms with Gasteiger partial charge in [-0.15, -0.1) is 0 Å². The Labute approximate surface area is 34.7 Å². The van der Waals surface area contributed by atoms with Crippen molar-refractivity contribution in [3.63, 3.8) is 0 Å². The van der Waals surface area contributed by atoms with Gasteiger partial charge in [-0.3, -0.25) is 4.98 Å². The summed E-state index contributed by atoms with van der Waals surface area (Å²) < 4.78 is 0. The Bertz CT molecular complexity index is 18.5. The van der Waals surface area contributed by atoms with Crippen molar-refractivity contribution in [3.05, 3.63) is 0 Å². The lowest BCUT2D eigenvalue weighted by atomic mass is 10.5. The third-order valence-corrected chi connectivity index (χ3v) is 2.33. The normalized spacial score (nSPS) is 28.8. The highest BCUT2D eigenvalue weighted by Crippen LogP contribution is 1.91. The maximum atomic E-state index is 4.22. The molecule has 0 aromatic rings. The molecule has 1 radical (unpaired) electrons. The average molecular weight is 86.2 g/mol. The van der Waals surface area contributed by atoms with Gasteiger partial charge in [0.05, 0.1) is 0 Å². The van der Waals surface area contributed by atoms with E-state index in [-0.39, 0.29) is 9.68 Å². The highest BCUT2D eigenvalue weighted by Gasteiger charge is 1.96. The van der Waals surface area contributed by atoms with Crippen LogP contribution in [0.15, 0.2) is 0 Å². The molecule has 1 aliphatic heterocycles. The molecule has 0 atom stereocenters. The molecule has 0 saturated carbocycles. The van der Waals surface area contributed by atoms with E-state index < -0.39 is 0 Å². The van der Waals surface area contributed by atoms with Gasteiger partial charge in [0.25, 0.3) is 0 Å². The van der Waals surface area contributed by atoms with Crippen molar-refractivity contribution in [1.29, 1.82) is 0 Å². The first-order valence-corrected chi connectivity index (χ1v) is 3.76. The van der Waals surface area contributed by atoms with E-state index in [1.54, 1.807) is 0 Å². The highest BCUT2D eigenvalue weighted by atomic mass is 28.2. The molecule has 2 heteroatoms. The molecule has 1 rings (SSSR count). The second-order valence-electron chi connectivity index (χ2n) is 1.38. The lowest BCUT2D eigenvalue weighted by Gasteiger charge is -1.72. The first-order valence-electron chi connectivity index (χ1n) is 2.13. The second kappa shape index (κ2) is 1.57. The van der Waals surface area contributed by atoms with Crippen LogP contribution in [0.25, 0.3) is 0 Å². The molecule has 0 bridgehead atoms. The van der Waals surface area contributed by atoms with Crippen LogP contribution in [0, 0.1) is 0 Å². The quantitative estimate of drug-likeness (QED) is 0.353. The van der Waals surface area contributed by atoms with E-state index in [4.69, 9.17) is 0 Å². The van der Waals surface area contributed by atoms with E-state index >= 15 is 0 Å². The molecule has 0 amide bonds. The smallest absolute Gasteiger partial charge is 0.114 e. The molecule has 1 saturated heterocycles. The van der Waals surface area contributed by atoms with Crippen molar-refractivity contribution in [2.24, 2.45) is 0 Å². The third kappa shape index (κ3) is 0.739. The summed E-state index contributed by atoms with van der Waals surface area (Å²) in [6, 6.07) is 1.47. The molecule has 1 fully saturated rings. The first kappa shape index (κ1) is 3.37. The van der Waals surface area contributed by atoms with Crippen LogP contribution in [0.4, 0.5) is 0 Å². The molecule has 0 unspecified atom stereocenters. The SMILES string of the molecule is C1C[N][SiH2]C1. The van der Waals surface area contributed by atoms with E-state index in [2.05, 4.69) is 4.98 Å². The summed E-state index contributed by atoms with van der Waals surface area (Å²) in [5.41, 5.74) is 0. The molecule has 5 heavy (non-hydrogen) atoms. The third-order valence-electron chi connectivity index (χ3n) is 0.882. The minimum Gasteiger partial charge on any atom is -0.278 e. The summed E-state index contributed by atoms with van der Waals surface area (Å²) in [6.45, 7) is 1.19. The van der Waals surface area contributed by atoms with Gasteiger partial charge in [-0.1, -0.05) is 0 Å². The average Bonchev–Trinajstić information content (AvgIpc) is 1.76. The zero-order valence-corrected chi connectivity index (χ0v) is 4.69. The molecule has 29 valence electrons. The van der Waals surface area contributed by atoms with Crippen molar-refractivity contribution in [3.8, 4) is 0 Å². The minimum absolute atomic E-state index is 0.168. The summed E-state index contributed by atoms with van der Waals surface area (Å²) in [4.78, 5) is 4.22. The van der Waals surface area contributed by atoms with Gasteiger partial charge in [-0.25, -0.2) is 0 Å². The maximum Gasteiger partial charge on any atom is 0.114 e. The van der Waals surface area contributed by atoms with E-state index in [1.807, 2.05) is 0 Å². The molecular weight excluding hydrogens is 78.1 g/mol. The van der Waals surface area contributed by atoms with E-state index in [9.17, 15) is 0 Å². The van der Waals surface area contributed by atoms with Crippen LogP contribution in [0.5, 0.6) is 0 Å². The first-order chi connectivity index (χ1) is 2.50. The number of rotatable bonds is 0. The fourth-order valence-corrected chi connectivity index (χ4v) is 1.68. The van der Waals surface area contributed by atoms with Crippen molar-refractivity contribution >= 4 is 9.68 Å². The summed E-state index contributed by atoms with van der Waals surface area (Å²) in [5.74, 6) is 0. The lowest BCUT2D eigenvalue weighted by molar-refractivity contribution is 0.922. The lowest BCUT2D eigenvalue weighted by Crippen LogP contribution is -1.96. The monoisotopic (exact) mass is 86.0 g/mol. The summed E-state index contributed by atoms with van der Waals surface area (Å²) in [5, 5.41) is 0. The van der Waals surface area contributed by atoms with Gasteiger partial charge in [-0.2, -0.15) is 0 Å². The predicted molar refractivity (Wildman–Crippen MR) is 25.0 cm³/mol. The highest BCUT2D eigenvalue weighted by molar-refractivity contribution is 6.32. The summed E-state index contributed by atoms with van der Waals surface area (Å²) >= 11 is 0. The van der Waals surface area contributed by atoms with Crippen LogP contribution in [0.3, 0.4) is 0 Å². The van der Waals surface area contributed by atoms with E-state index in [0.29, 0.717) is 0 Å². The van der Waals surface area contributed by atoms with Crippen LogP contribution in [-0.2, 0) is 0 Å². The fraction of sp³-hybridized carbons (Fsp3) is 1.00. The van der Waals surface area contributed by atoms with Crippen LogP contribution >= 0.6 is 0 Å². The van der Waals surface area contributed by atoms with Crippen LogP contribution in [0.1, 0.15) is 6.42 Å². The molecule has 0 N–H and O–H groups in total. The van der Waals surface area contributed by atoms with Gasteiger partial charge in [0.1, 0.15) is 9.68 Å². The molecule has 1 heterocycles. The Morgan fingerprint density at radius 3 is 2.80 bits per heavy atom.